The van der Waals surface area contributed by atoms with Gasteiger partial charge in [0.2, 0.25) is 0 Å². The second kappa shape index (κ2) is 4.24. The van der Waals surface area contributed by atoms with E-state index in [1.54, 1.807) is 18.3 Å². The SMILES string of the molecule is Cc1oc2c(C(N)=O)cccc2c1-c1ccccn1. The number of hydrogen-bond acceptors (Lipinski definition) is 3. The van der Waals surface area contributed by atoms with Gasteiger partial charge < -0.3 is 10.2 Å². The zero-order chi connectivity index (χ0) is 13.4. The highest BCUT2D eigenvalue weighted by atomic mass is 16.3. The lowest BCUT2D eigenvalue weighted by atomic mass is 10.0. The van der Waals surface area contributed by atoms with Crippen LogP contribution >= 0.6 is 0 Å². The van der Waals surface area contributed by atoms with E-state index in [2.05, 4.69) is 4.98 Å². The molecule has 0 fully saturated rings. The van der Waals surface area contributed by atoms with Crippen molar-refractivity contribution in [3.05, 3.63) is 53.9 Å². The van der Waals surface area contributed by atoms with Gasteiger partial charge in [0.25, 0.3) is 5.91 Å². The number of aryl methyl sites for hydroxylation is 1. The lowest BCUT2D eigenvalue weighted by Crippen LogP contribution is -2.10. The number of pyridine rings is 1. The van der Waals surface area contributed by atoms with E-state index in [9.17, 15) is 4.79 Å². The van der Waals surface area contributed by atoms with Gasteiger partial charge in [-0.1, -0.05) is 18.2 Å². The van der Waals surface area contributed by atoms with Gasteiger partial charge in [-0.05, 0) is 25.1 Å². The minimum atomic E-state index is -0.494. The second-order valence-corrected chi connectivity index (χ2v) is 4.29. The Labute approximate surface area is 109 Å². The lowest BCUT2D eigenvalue weighted by Gasteiger charge is -1.99. The number of carbonyl (C=O) groups is 1. The first-order valence-corrected chi connectivity index (χ1v) is 5.92. The van der Waals surface area contributed by atoms with Crippen LogP contribution in [0.25, 0.3) is 22.2 Å². The number of nitrogens with zero attached hydrogens (tertiary/aromatic N) is 1. The van der Waals surface area contributed by atoms with Crippen LogP contribution in [0.4, 0.5) is 0 Å². The molecule has 94 valence electrons. The molecule has 0 aliphatic heterocycles. The molecular weight excluding hydrogens is 240 g/mol. The average Bonchev–Trinajstić information content (AvgIpc) is 2.75. The number of aromatic nitrogens is 1. The minimum absolute atomic E-state index is 0.391. The molecule has 3 rings (SSSR count). The maximum Gasteiger partial charge on any atom is 0.252 e. The van der Waals surface area contributed by atoms with Crippen LogP contribution in [-0.2, 0) is 0 Å². The summed E-state index contributed by atoms with van der Waals surface area (Å²) in [6, 6.07) is 11.0. The topological polar surface area (TPSA) is 69.1 Å². The van der Waals surface area contributed by atoms with Crippen molar-refractivity contribution in [2.45, 2.75) is 6.92 Å². The van der Waals surface area contributed by atoms with E-state index >= 15 is 0 Å². The molecular formula is C15H12N2O2. The normalized spacial score (nSPS) is 10.8. The molecule has 0 saturated carbocycles. The zero-order valence-electron chi connectivity index (χ0n) is 10.4. The van der Waals surface area contributed by atoms with Crippen molar-refractivity contribution in [1.29, 1.82) is 0 Å². The van der Waals surface area contributed by atoms with Crippen molar-refractivity contribution in [2.24, 2.45) is 5.73 Å². The van der Waals surface area contributed by atoms with E-state index in [1.807, 2.05) is 31.2 Å². The van der Waals surface area contributed by atoms with Crippen LogP contribution in [0.1, 0.15) is 16.1 Å². The molecule has 19 heavy (non-hydrogen) atoms. The molecule has 3 aromatic rings. The van der Waals surface area contributed by atoms with Gasteiger partial charge in [-0.25, -0.2) is 0 Å². The van der Waals surface area contributed by atoms with Crippen LogP contribution in [0, 0.1) is 6.92 Å². The van der Waals surface area contributed by atoms with Gasteiger partial charge in [0.05, 0.1) is 11.3 Å². The highest BCUT2D eigenvalue weighted by Crippen LogP contribution is 2.34. The van der Waals surface area contributed by atoms with Crippen molar-refractivity contribution < 1.29 is 9.21 Å². The first kappa shape index (κ1) is 11.5. The Morgan fingerprint density at radius 3 is 2.74 bits per heavy atom. The highest BCUT2D eigenvalue weighted by molar-refractivity contribution is 6.08. The Morgan fingerprint density at radius 1 is 1.21 bits per heavy atom. The Kier molecular flexibility index (Phi) is 2.56. The van der Waals surface area contributed by atoms with E-state index < -0.39 is 5.91 Å². The lowest BCUT2D eigenvalue weighted by molar-refractivity contribution is 0.100. The van der Waals surface area contributed by atoms with E-state index in [4.69, 9.17) is 10.2 Å². The first-order chi connectivity index (χ1) is 9.18. The van der Waals surface area contributed by atoms with Gasteiger partial charge in [0, 0.05) is 17.1 Å². The predicted octanol–water partition coefficient (Wildman–Crippen LogP) is 2.90. The number of carbonyl (C=O) groups excluding carboxylic acids is 1. The fraction of sp³-hybridized carbons (Fsp3) is 0.0667. The number of rotatable bonds is 2. The van der Waals surface area contributed by atoms with Gasteiger partial charge in [0.1, 0.15) is 11.3 Å². The predicted molar refractivity (Wildman–Crippen MR) is 72.7 cm³/mol. The summed E-state index contributed by atoms with van der Waals surface area (Å²) in [5.74, 6) is 0.231. The zero-order valence-corrected chi connectivity index (χ0v) is 10.4. The molecule has 0 saturated heterocycles. The smallest absolute Gasteiger partial charge is 0.252 e. The largest absolute Gasteiger partial charge is 0.460 e. The van der Waals surface area contributed by atoms with Gasteiger partial charge >= 0.3 is 0 Å². The van der Waals surface area contributed by atoms with Crippen LogP contribution in [-0.4, -0.2) is 10.9 Å². The molecule has 0 bridgehead atoms. The number of furan rings is 1. The van der Waals surface area contributed by atoms with Crippen molar-refractivity contribution in [1.82, 2.24) is 4.98 Å². The highest BCUT2D eigenvalue weighted by Gasteiger charge is 2.17. The third-order valence-corrected chi connectivity index (χ3v) is 3.08. The summed E-state index contributed by atoms with van der Waals surface area (Å²) in [4.78, 5) is 15.7. The Morgan fingerprint density at radius 2 is 2.05 bits per heavy atom. The third kappa shape index (κ3) is 1.78. The van der Waals surface area contributed by atoms with Gasteiger partial charge in [0.15, 0.2) is 0 Å². The fourth-order valence-electron chi connectivity index (χ4n) is 2.26. The Bertz CT molecular complexity index is 760. The maximum atomic E-state index is 11.4. The molecule has 0 aliphatic carbocycles. The van der Waals surface area contributed by atoms with Crippen molar-refractivity contribution in [3.63, 3.8) is 0 Å². The third-order valence-electron chi connectivity index (χ3n) is 3.08. The van der Waals surface area contributed by atoms with Crippen LogP contribution in [0.3, 0.4) is 0 Å². The van der Waals surface area contributed by atoms with Crippen molar-refractivity contribution >= 4 is 16.9 Å². The molecule has 2 heterocycles. The molecule has 2 aromatic heterocycles. The summed E-state index contributed by atoms with van der Waals surface area (Å²) < 4.78 is 5.71. The molecule has 1 aromatic carbocycles. The van der Waals surface area contributed by atoms with E-state index in [1.165, 1.54) is 0 Å². The minimum Gasteiger partial charge on any atom is -0.460 e. The molecule has 4 nitrogen and oxygen atoms in total. The molecule has 2 N–H and O–H groups in total. The molecule has 0 spiro atoms. The Hall–Kier alpha value is -2.62. The van der Waals surface area contributed by atoms with Gasteiger partial charge in [-0.3, -0.25) is 9.78 Å². The number of para-hydroxylation sites is 1. The molecule has 4 heteroatoms. The van der Waals surface area contributed by atoms with Crippen LogP contribution in [0.5, 0.6) is 0 Å². The number of amides is 1. The number of nitrogens with two attached hydrogens (primary N) is 1. The number of primary amides is 1. The number of hydrogen-bond donors (Lipinski definition) is 1. The molecule has 1 amide bonds. The van der Waals surface area contributed by atoms with Crippen molar-refractivity contribution in [3.8, 4) is 11.3 Å². The monoisotopic (exact) mass is 252 g/mol. The summed E-state index contributed by atoms with van der Waals surface area (Å²) in [7, 11) is 0. The summed E-state index contributed by atoms with van der Waals surface area (Å²) in [6.45, 7) is 1.86. The van der Waals surface area contributed by atoms with E-state index in [0.29, 0.717) is 11.1 Å². The van der Waals surface area contributed by atoms with Gasteiger partial charge in [-0.15, -0.1) is 0 Å². The standard InChI is InChI=1S/C15H12N2O2/c1-9-13(12-7-2-3-8-17-12)10-5-4-6-11(15(16)18)14(10)19-9/h2-8H,1H3,(H2,16,18). The summed E-state index contributed by atoms with van der Waals surface area (Å²) in [6.07, 6.45) is 1.73. The molecule has 0 atom stereocenters. The van der Waals surface area contributed by atoms with E-state index in [0.717, 1.165) is 22.4 Å². The first-order valence-electron chi connectivity index (χ1n) is 5.92. The van der Waals surface area contributed by atoms with Crippen molar-refractivity contribution in [2.75, 3.05) is 0 Å². The molecule has 0 aliphatic rings. The summed E-state index contributed by atoms with van der Waals surface area (Å²) in [5.41, 5.74) is 8.00. The average molecular weight is 252 g/mol. The van der Waals surface area contributed by atoms with Crippen LogP contribution in [0.2, 0.25) is 0 Å². The molecule has 0 radical (unpaired) electrons. The second-order valence-electron chi connectivity index (χ2n) is 4.29. The fourth-order valence-corrected chi connectivity index (χ4v) is 2.26. The summed E-state index contributed by atoms with van der Waals surface area (Å²) in [5, 5.41) is 0.854. The quantitative estimate of drug-likeness (QED) is 0.762. The molecule has 0 unspecified atom stereocenters. The van der Waals surface area contributed by atoms with Gasteiger partial charge in [-0.2, -0.15) is 0 Å². The maximum absolute atomic E-state index is 11.4. The number of fused-ring (bicyclic) bond motifs is 1. The summed E-state index contributed by atoms with van der Waals surface area (Å²) >= 11 is 0. The van der Waals surface area contributed by atoms with Crippen LogP contribution in [0.15, 0.2) is 47.0 Å². The number of benzene rings is 1. The van der Waals surface area contributed by atoms with Crippen LogP contribution < -0.4 is 5.73 Å². The Balaban J connectivity index is 2.36. The van der Waals surface area contributed by atoms with E-state index in [-0.39, 0.29) is 0 Å².